The van der Waals surface area contributed by atoms with E-state index in [0.717, 1.165) is 30.8 Å². The van der Waals surface area contributed by atoms with E-state index in [-0.39, 0.29) is 11.9 Å². The van der Waals surface area contributed by atoms with Crippen molar-refractivity contribution in [3.05, 3.63) is 58.4 Å². The van der Waals surface area contributed by atoms with Crippen molar-refractivity contribution < 1.29 is 9.13 Å². The largest absolute Gasteiger partial charge is 0.493 e. The van der Waals surface area contributed by atoms with Crippen LogP contribution >= 0.6 is 11.6 Å². The van der Waals surface area contributed by atoms with E-state index in [2.05, 4.69) is 18.3 Å². The maximum Gasteiger partial charge on any atom is 0.147 e. The number of fused-ring (bicyclic) bond motifs is 1. The molecule has 0 aromatic heterocycles. The predicted molar refractivity (Wildman–Crippen MR) is 83.7 cm³/mol. The first-order valence-electron chi connectivity index (χ1n) is 7.15. The van der Waals surface area contributed by atoms with Gasteiger partial charge < -0.3 is 10.1 Å². The van der Waals surface area contributed by atoms with Gasteiger partial charge in [0, 0.05) is 6.42 Å². The topological polar surface area (TPSA) is 21.3 Å². The van der Waals surface area contributed by atoms with E-state index in [1.165, 1.54) is 11.6 Å². The highest BCUT2D eigenvalue weighted by molar-refractivity contribution is 6.33. The molecule has 0 saturated carbocycles. The Morgan fingerprint density at radius 1 is 1.33 bits per heavy atom. The minimum absolute atomic E-state index is 0.0188. The fraction of sp³-hybridized carbons (Fsp3) is 0.294. The predicted octanol–water partition coefficient (Wildman–Crippen LogP) is 4.98. The van der Waals surface area contributed by atoms with Crippen molar-refractivity contribution in [1.29, 1.82) is 0 Å². The van der Waals surface area contributed by atoms with E-state index < -0.39 is 0 Å². The minimum Gasteiger partial charge on any atom is -0.493 e. The van der Waals surface area contributed by atoms with Crippen LogP contribution in [0.1, 0.15) is 30.5 Å². The summed E-state index contributed by atoms with van der Waals surface area (Å²) in [5.41, 5.74) is 2.70. The third-order valence-electron chi connectivity index (χ3n) is 3.81. The van der Waals surface area contributed by atoms with Gasteiger partial charge in [0.2, 0.25) is 0 Å². The van der Waals surface area contributed by atoms with Crippen LogP contribution in [0.2, 0.25) is 5.02 Å². The summed E-state index contributed by atoms with van der Waals surface area (Å²) < 4.78 is 19.4. The van der Waals surface area contributed by atoms with Crippen molar-refractivity contribution in [2.45, 2.75) is 25.8 Å². The van der Waals surface area contributed by atoms with Gasteiger partial charge in [-0.25, -0.2) is 4.39 Å². The molecule has 0 spiro atoms. The van der Waals surface area contributed by atoms with E-state index in [1.807, 2.05) is 12.1 Å². The van der Waals surface area contributed by atoms with Gasteiger partial charge in [0.05, 0.1) is 23.4 Å². The number of hydrogen-bond acceptors (Lipinski definition) is 2. The number of para-hydroxylation sites is 1. The average molecular weight is 306 g/mol. The Balaban J connectivity index is 1.89. The molecule has 1 aliphatic heterocycles. The van der Waals surface area contributed by atoms with E-state index in [0.29, 0.717) is 10.7 Å². The van der Waals surface area contributed by atoms with E-state index >= 15 is 0 Å². The van der Waals surface area contributed by atoms with Crippen molar-refractivity contribution in [2.24, 2.45) is 0 Å². The number of hydrogen-bond donors (Lipinski definition) is 1. The third-order valence-corrected chi connectivity index (χ3v) is 4.12. The number of nitrogens with one attached hydrogen (secondary N) is 1. The zero-order valence-electron chi connectivity index (χ0n) is 11.8. The number of ether oxygens (including phenoxy) is 1. The summed E-state index contributed by atoms with van der Waals surface area (Å²) in [6.45, 7) is 2.80. The summed E-state index contributed by atoms with van der Waals surface area (Å²) in [5.74, 6) is 0.628. The Kier molecular flexibility index (Phi) is 4.02. The molecule has 4 heteroatoms. The van der Waals surface area contributed by atoms with E-state index in [1.54, 1.807) is 12.1 Å². The first-order chi connectivity index (χ1) is 10.2. The quantitative estimate of drug-likeness (QED) is 0.860. The lowest BCUT2D eigenvalue weighted by Crippen LogP contribution is -2.11. The minimum atomic E-state index is -0.328. The van der Waals surface area contributed by atoms with E-state index in [4.69, 9.17) is 16.3 Å². The molecule has 1 N–H and O–H groups in total. The van der Waals surface area contributed by atoms with Crippen LogP contribution < -0.4 is 10.1 Å². The lowest BCUT2D eigenvalue weighted by Gasteiger charge is -2.20. The van der Waals surface area contributed by atoms with Gasteiger partial charge in [0.1, 0.15) is 11.6 Å². The molecular formula is C17H17ClFNO. The molecule has 0 aliphatic carbocycles. The standard InChI is InChI=1S/C17H17ClFNO/c1-2-15(20-17-13(18)4-3-5-14(17)19)11-6-7-16-12(10-11)8-9-21-16/h3-7,10,15,20H,2,8-9H2,1H3. The van der Waals surface area contributed by atoms with Crippen LogP contribution in [-0.2, 0) is 6.42 Å². The highest BCUT2D eigenvalue weighted by atomic mass is 35.5. The number of halogens is 2. The van der Waals surface area contributed by atoms with Crippen LogP contribution in [0.3, 0.4) is 0 Å². The molecule has 2 aromatic carbocycles. The summed E-state index contributed by atoms with van der Waals surface area (Å²) in [6.07, 6.45) is 1.77. The van der Waals surface area contributed by atoms with Crippen LogP contribution in [0.4, 0.5) is 10.1 Å². The Morgan fingerprint density at radius 2 is 2.19 bits per heavy atom. The second-order valence-corrected chi connectivity index (χ2v) is 5.57. The van der Waals surface area contributed by atoms with Crippen molar-refractivity contribution in [3.8, 4) is 5.75 Å². The van der Waals surface area contributed by atoms with Crippen LogP contribution in [0, 0.1) is 5.82 Å². The Labute approximate surface area is 128 Å². The molecule has 0 radical (unpaired) electrons. The lowest BCUT2D eigenvalue weighted by molar-refractivity contribution is 0.357. The fourth-order valence-corrected chi connectivity index (χ4v) is 2.87. The molecule has 1 atom stereocenters. The summed E-state index contributed by atoms with van der Waals surface area (Å²) in [6, 6.07) is 10.9. The molecule has 21 heavy (non-hydrogen) atoms. The van der Waals surface area contributed by atoms with Gasteiger partial charge in [-0.05, 0) is 41.8 Å². The first kappa shape index (κ1) is 14.2. The van der Waals surface area contributed by atoms with Gasteiger partial charge in [0.25, 0.3) is 0 Å². The Hall–Kier alpha value is -1.74. The van der Waals surface area contributed by atoms with Crippen molar-refractivity contribution in [1.82, 2.24) is 0 Å². The Morgan fingerprint density at radius 3 is 2.95 bits per heavy atom. The molecule has 0 saturated heterocycles. The molecular weight excluding hydrogens is 289 g/mol. The van der Waals surface area contributed by atoms with Gasteiger partial charge in [-0.1, -0.05) is 30.7 Å². The van der Waals surface area contributed by atoms with Crippen molar-refractivity contribution >= 4 is 17.3 Å². The van der Waals surface area contributed by atoms with Gasteiger partial charge in [0.15, 0.2) is 0 Å². The second-order valence-electron chi connectivity index (χ2n) is 5.17. The van der Waals surface area contributed by atoms with Gasteiger partial charge in [-0.3, -0.25) is 0 Å². The molecule has 110 valence electrons. The van der Waals surface area contributed by atoms with E-state index in [9.17, 15) is 4.39 Å². The summed E-state index contributed by atoms with van der Waals surface area (Å²) in [7, 11) is 0. The van der Waals surface area contributed by atoms with Crippen molar-refractivity contribution in [2.75, 3.05) is 11.9 Å². The molecule has 2 aromatic rings. The zero-order valence-corrected chi connectivity index (χ0v) is 12.6. The molecule has 1 unspecified atom stereocenters. The van der Waals surface area contributed by atoms with Crippen LogP contribution in [0.5, 0.6) is 5.75 Å². The van der Waals surface area contributed by atoms with Crippen LogP contribution in [0.15, 0.2) is 36.4 Å². The zero-order chi connectivity index (χ0) is 14.8. The second kappa shape index (κ2) is 5.94. The summed E-state index contributed by atoms with van der Waals surface area (Å²) >= 11 is 6.09. The van der Waals surface area contributed by atoms with Gasteiger partial charge >= 0.3 is 0 Å². The SMILES string of the molecule is CCC(Nc1c(F)cccc1Cl)c1ccc2c(c1)CCO2. The number of rotatable bonds is 4. The highest BCUT2D eigenvalue weighted by Crippen LogP contribution is 2.33. The van der Waals surface area contributed by atoms with Gasteiger partial charge in [-0.15, -0.1) is 0 Å². The highest BCUT2D eigenvalue weighted by Gasteiger charge is 2.18. The van der Waals surface area contributed by atoms with Crippen molar-refractivity contribution in [3.63, 3.8) is 0 Å². The molecule has 0 fully saturated rings. The molecule has 3 rings (SSSR count). The number of benzene rings is 2. The maximum absolute atomic E-state index is 13.9. The Bertz CT molecular complexity index is 639. The maximum atomic E-state index is 13.9. The number of anilines is 1. The molecule has 0 amide bonds. The lowest BCUT2D eigenvalue weighted by atomic mass is 10.0. The average Bonchev–Trinajstić information content (AvgIpc) is 2.94. The van der Waals surface area contributed by atoms with Gasteiger partial charge in [-0.2, -0.15) is 0 Å². The third kappa shape index (κ3) is 2.84. The first-order valence-corrected chi connectivity index (χ1v) is 7.53. The molecule has 1 heterocycles. The van der Waals surface area contributed by atoms with Crippen LogP contribution in [0.25, 0.3) is 0 Å². The summed E-state index contributed by atoms with van der Waals surface area (Å²) in [4.78, 5) is 0. The summed E-state index contributed by atoms with van der Waals surface area (Å²) in [5, 5.41) is 3.63. The smallest absolute Gasteiger partial charge is 0.147 e. The molecule has 2 nitrogen and oxygen atoms in total. The van der Waals surface area contributed by atoms with Crippen LogP contribution in [-0.4, -0.2) is 6.61 Å². The monoisotopic (exact) mass is 305 g/mol. The fourth-order valence-electron chi connectivity index (χ4n) is 2.65. The normalized spacial score (nSPS) is 14.4. The molecule has 1 aliphatic rings. The molecule has 0 bridgehead atoms.